The van der Waals surface area contributed by atoms with E-state index in [1.54, 1.807) is 35.7 Å². The molecule has 2 aromatic rings. The predicted octanol–water partition coefficient (Wildman–Crippen LogP) is -3.49. The second-order valence-electron chi connectivity index (χ2n) is 6.80. The average Bonchev–Trinajstić information content (AvgIpc) is 3.20. The van der Waals surface area contributed by atoms with Crippen LogP contribution in [0.5, 0.6) is 0 Å². The number of carbonyl (C=O) groups is 4. The maximum atomic E-state index is 12.8. The molecule has 1 fully saturated rings. The minimum absolute atomic E-state index is 0. The van der Waals surface area contributed by atoms with Gasteiger partial charge in [-0.1, -0.05) is 30.3 Å². The molecule has 0 saturated carbocycles. The number of carbonyl (C=O) groups excluding carboxylic acids is 4. The normalized spacial score (nSPS) is 16.0. The van der Waals surface area contributed by atoms with Crippen molar-refractivity contribution in [2.24, 2.45) is 0 Å². The van der Waals surface area contributed by atoms with Crippen LogP contribution in [0.4, 0.5) is 5.13 Å². The summed E-state index contributed by atoms with van der Waals surface area (Å²) in [6.45, 7) is -0.485. The van der Waals surface area contributed by atoms with Crippen molar-refractivity contribution in [3.05, 3.63) is 47.0 Å². The fourth-order valence-corrected chi connectivity index (χ4v) is 4.35. The summed E-state index contributed by atoms with van der Waals surface area (Å²) in [6, 6.07) is 5.78. The van der Waals surface area contributed by atoms with Crippen molar-refractivity contribution in [3.63, 3.8) is 0 Å². The topological polar surface area (TPSA) is 178 Å². The van der Waals surface area contributed by atoms with E-state index >= 15 is 0 Å². The van der Waals surface area contributed by atoms with Crippen LogP contribution in [-0.4, -0.2) is 64.4 Å². The molecular weight excluding hydrogens is 521 g/mol. The molecule has 0 bridgehead atoms. The molecule has 1 aromatic carbocycles. The van der Waals surface area contributed by atoms with E-state index in [4.69, 9.17) is 11.6 Å². The standard InChI is InChI=1S/C18H18ClN5O7S2.Na/c19-7-14(26)23-18-20-11(9-32-18)6-13(25)22-15(10-4-2-1-3-5-10)16(27)21-12-8-24(17(12)28)33(29,30)31;/h1-5,9,12,15H,6-8H2,(H,21,27)(H,22,25)(H,20,23,26)(H,29,30,31);/q;+1/p-1/t12?,15-;/m1./s1. The Morgan fingerprint density at radius 1 is 1.24 bits per heavy atom. The molecule has 2 atom stereocenters. The molecular formula is C18H17ClN5NaO7S2. The molecule has 2 heterocycles. The number of alkyl halides is 1. The van der Waals surface area contributed by atoms with E-state index in [1.165, 1.54) is 0 Å². The van der Waals surface area contributed by atoms with Gasteiger partial charge in [-0.05, 0) is 5.56 Å². The summed E-state index contributed by atoms with van der Waals surface area (Å²) in [4.78, 5) is 52.7. The third kappa shape index (κ3) is 7.21. The Labute approximate surface area is 225 Å². The first-order chi connectivity index (χ1) is 15.6. The summed E-state index contributed by atoms with van der Waals surface area (Å²) in [5.41, 5.74) is 0.761. The maximum absolute atomic E-state index is 12.8. The number of β-lactam (4-membered cyclic amide) rings is 1. The van der Waals surface area contributed by atoms with Crippen molar-refractivity contribution in [1.82, 2.24) is 19.9 Å². The third-order valence-corrected chi connectivity index (χ3v) is 6.36. The average molecular weight is 538 g/mol. The van der Waals surface area contributed by atoms with Gasteiger partial charge in [-0.2, -0.15) is 0 Å². The van der Waals surface area contributed by atoms with Crippen LogP contribution in [0.1, 0.15) is 17.3 Å². The Morgan fingerprint density at radius 3 is 2.50 bits per heavy atom. The van der Waals surface area contributed by atoms with E-state index in [-0.39, 0.29) is 51.3 Å². The van der Waals surface area contributed by atoms with Gasteiger partial charge in [0, 0.05) is 5.38 Å². The van der Waals surface area contributed by atoms with Crippen molar-refractivity contribution in [1.29, 1.82) is 0 Å². The van der Waals surface area contributed by atoms with Gasteiger partial charge in [0.1, 0.15) is 18.0 Å². The maximum Gasteiger partial charge on any atom is 1.00 e. The Hall–Kier alpha value is -2.07. The summed E-state index contributed by atoms with van der Waals surface area (Å²) in [6.07, 6.45) is -0.200. The number of thiazole rings is 1. The minimum atomic E-state index is -4.94. The van der Waals surface area contributed by atoms with Crippen LogP contribution in [-0.2, 0) is 35.9 Å². The van der Waals surface area contributed by atoms with Crippen LogP contribution in [0.2, 0.25) is 0 Å². The van der Waals surface area contributed by atoms with Gasteiger partial charge in [0.05, 0.1) is 18.7 Å². The van der Waals surface area contributed by atoms with Crippen molar-refractivity contribution in [2.45, 2.75) is 18.5 Å². The van der Waals surface area contributed by atoms with Crippen molar-refractivity contribution in [3.8, 4) is 0 Å². The molecule has 1 unspecified atom stereocenters. The molecule has 1 aliphatic rings. The number of nitrogens with one attached hydrogen (secondary N) is 3. The Balaban J connectivity index is 0.00000408. The first-order valence-corrected chi connectivity index (χ1v) is 12.1. The van der Waals surface area contributed by atoms with E-state index in [0.29, 0.717) is 11.3 Å². The van der Waals surface area contributed by atoms with Crippen LogP contribution in [0.15, 0.2) is 35.7 Å². The molecule has 3 N–H and O–H groups in total. The summed E-state index contributed by atoms with van der Waals surface area (Å²) in [5.74, 6) is -3.07. The number of benzene rings is 1. The molecule has 176 valence electrons. The minimum Gasteiger partial charge on any atom is -0.731 e. The van der Waals surface area contributed by atoms with Crippen molar-refractivity contribution in [2.75, 3.05) is 17.7 Å². The van der Waals surface area contributed by atoms with Crippen LogP contribution in [0, 0.1) is 0 Å². The molecule has 34 heavy (non-hydrogen) atoms. The van der Waals surface area contributed by atoms with Gasteiger partial charge in [-0.3, -0.25) is 19.2 Å². The second kappa shape index (κ2) is 12.1. The van der Waals surface area contributed by atoms with Gasteiger partial charge in [0.15, 0.2) is 15.4 Å². The van der Waals surface area contributed by atoms with E-state index in [1.807, 2.05) is 0 Å². The molecule has 0 radical (unpaired) electrons. The predicted molar refractivity (Wildman–Crippen MR) is 116 cm³/mol. The molecule has 12 nitrogen and oxygen atoms in total. The van der Waals surface area contributed by atoms with Gasteiger partial charge in [-0.25, -0.2) is 17.7 Å². The number of aromatic nitrogens is 1. The molecule has 1 aliphatic heterocycles. The van der Waals surface area contributed by atoms with Crippen LogP contribution >= 0.6 is 22.9 Å². The molecule has 3 rings (SSSR count). The fraction of sp³-hybridized carbons (Fsp3) is 0.278. The van der Waals surface area contributed by atoms with Gasteiger partial charge in [0.25, 0.3) is 5.91 Å². The molecule has 16 heteroatoms. The zero-order valence-electron chi connectivity index (χ0n) is 17.7. The number of halogens is 1. The number of hydrogen-bond acceptors (Lipinski definition) is 9. The zero-order chi connectivity index (χ0) is 24.2. The fourth-order valence-electron chi connectivity index (χ4n) is 2.88. The first-order valence-electron chi connectivity index (χ1n) is 9.30. The van der Waals surface area contributed by atoms with Gasteiger partial charge in [-0.15, -0.1) is 22.9 Å². The van der Waals surface area contributed by atoms with E-state index in [2.05, 4.69) is 20.9 Å². The number of anilines is 1. The number of rotatable bonds is 9. The third-order valence-electron chi connectivity index (χ3n) is 4.44. The van der Waals surface area contributed by atoms with Crippen molar-refractivity contribution >= 4 is 62.0 Å². The van der Waals surface area contributed by atoms with Crippen LogP contribution in [0.3, 0.4) is 0 Å². The number of nitrogens with zero attached hydrogens (tertiary/aromatic N) is 2. The summed E-state index contributed by atoms with van der Waals surface area (Å²) < 4.78 is 33.0. The summed E-state index contributed by atoms with van der Waals surface area (Å²) in [7, 11) is -4.94. The molecule has 1 saturated heterocycles. The quantitative estimate of drug-likeness (QED) is 0.128. The second-order valence-corrected chi connectivity index (χ2v) is 9.22. The monoisotopic (exact) mass is 537 g/mol. The molecule has 0 aliphatic carbocycles. The molecule has 4 amide bonds. The van der Waals surface area contributed by atoms with Crippen LogP contribution < -0.4 is 45.5 Å². The van der Waals surface area contributed by atoms with E-state index in [0.717, 1.165) is 11.3 Å². The smallest absolute Gasteiger partial charge is 0.731 e. The largest absolute Gasteiger partial charge is 1.00 e. The van der Waals surface area contributed by atoms with E-state index in [9.17, 15) is 32.1 Å². The summed E-state index contributed by atoms with van der Waals surface area (Å²) in [5, 5.41) is 9.19. The van der Waals surface area contributed by atoms with Gasteiger partial charge < -0.3 is 20.5 Å². The van der Waals surface area contributed by atoms with Gasteiger partial charge in [0.2, 0.25) is 17.7 Å². The SMILES string of the molecule is O=C(CCl)Nc1nc(CC(=O)N[C@@H](C(=O)NC2CN(S(=O)(=O)[O-])C2=O)c2ccccc2)cs1.[Na+]. The molecule has 1 aromatic heterocycles. The number of amides is 4. The number of hydrogen-bond donors (Lipinski definition) is 3. The van der Waals surface area contributed by atoms with Gasteiger partial charge >= 0.3 is 29.6 Å². The van der Waals surface area contributed by atoms with E-state index < -0.39 is 52.6 Å². The Kier molecular flexibility index (Phi) is 9.99. The Morgan fingerprint density at radius 2 is 1.91 bits per heavy atom. The first kappa shape index (κ1) is 28.2. The zero-order valence-corrected chi connectivity index (χ0v) is 22.1. The van der Waals surface area contributed by atoms with Crippen molar-refractivity contribution < 1.29 is 61.7 Å². The summed E-state index contributed by atoms with van der Waals surface area (Å²) >= 11 is 6.52. The van der Waals surface area contributed by atoms with Crippen LogP contribution in [0.25, 0.3) is 0 Å². The molecule has 0 spiro atoms. The Bertz CT molecular complexity index is 1180.